The smallest absolute Gasteiger partial charge is 0.410 e. The normalized spacial score (nSPS) is 28.8. The first-order valence-electron chi connectivity index (χ1n) is 7.54. The van der Waals surface area contributed by atoms with Gasteiger partial charge in [-0.25, -0.2) is 4.79 Å². The fourth-order valence-electron chi connectivity index (χ4n) is 3.49. The third-order valence-electron chi connectivity index (χ3n) is 4.26. The Kier molecular flexibility index (Phi) is 3.76. The summed E-state index contributed by atoms with van der Waals surface area (Å²) in [6.45, 7) is 5.75. The lowest BCUT2D eigenvalue weighted by Gasteiger charge is -2.39. The van der Waals surface area contributed by atoms with Crippen LogP contribution in [0.25, 0.3) is 0 Å². The number of piperidine rings is 1. The molecule has 116 valence electrons. The van der Waals surface area contributed by atoms with Crippen molar-refractivity contribution in [2.24, 2.45) is 0 Å². The van der Waals surface area contributed by atoms with E-state index in [4.69, 9.17) is 4.74 Å². The molecule has 2 fully saturated rings. The Morgan fingerprint density at radius 2 is 1.90 bits per heavy atom. The summed E-state index contributed by atoms with van der Waals surface area (Å²) in [7, 11) is 0. The van der Waals surface area contributed by atoms with Crippen LogP contribution in [0.5, 0.6) is 0 Å². The molecule has 0 N–H and O–H groups in total. The van der Waals surface area contributed by atoms with Crippen molar-refractivity contribution < 1.29 is 9.53 Å². The highest BCUT2D eigenvalue weighted by atomic mass is 79.9. The lowest BCUT2D eigenvalue weighted by Crippen LogP contribution is -2.48. The Bertz CT molecular complexity index is 523. The number of hydrogen-bond donors (Lipinski definition) is 0. The molecule has 2 aliphatic rings. The van der Waals surface area contributed by atoms with Crippen molar-refractivity contribution in [3.8, 4) is 0 Å². The van der Waals surface area contributed by atoms with Crippen LogP contribution in [0.4, 0.5) is 4.79 Å². The molecule has 0 saturated carbocycles. The second-order valence-corrected chi connectivity index (χ2v) is 7.95. The highest BCUT2D eigenvalue weighted by Crippen LogP contribution is 2.41. The molecule has 0 radical (unpaired) electrons. The fourth-order valence-corrected chi connectivity index (χ4v) is 3.79. The quantitative estimate of drug-likeness (QED) is 0.770. The molecule has 2 bridgehead atoms. The number of halogens is 1. The van der Waals surface area contributed by atoms with E-state index in [0.29, 0.717) is 6.04 Å². The van der Waals surface area contributed by atoms with E-state index in [-0.39, 0.29) is 18.2 Å². The number of rotatable bonds is 1. The molecule has 2 saturated heterocycles. The highest BCUT2D eigenvalue weighted by Gasteiger charge is 2.45. The summed E-state index contributed by atoms with van der Waals surface area (Å²) in [6.07, 6.45) is 7.75. The SMILES string of the molecule is CC(C)(C)OC(=O)N1C2CCC1CC(n1cc(Br)cn1)C2. The summed E-state index contributed by atoms with van der Waals surface area (Å²) in [5.74, 6) is 0. The maximum atomic E-state index is 12.4. The van der Waals surface area contributed by atoms with Crippen molar-refractivity contribution in [1.29, 1.82) is 0 Å². The topological polar surface area (TPSA) is 47.4 Å². The summed E-state index contributed by atoms with van der Waals surface area (Å²) in [4.78, 5) is 14.4. The van der Waals surface area contributed by atoms with E-state index < -0.39 is 5.60 Å². The van der Waals surface area contributed by atoms with Gasteiger partial charge in [0.1, 0.15) is 5.60 Å². The Morgan fingerprint density at radius 3 is 2.38 bits per heavy atom. The minimum absolute atomic E-state index is 0.157. The Labute approximate surface area is 133 Å². The van der Waals surface area contributed by atoms with Gasteiger partial charge in [-0.1, -0.05) is 0 Å². The standard InChI is InChI=1S/C15H22BrN3O2/c1-15(2,3)21-14(20)19-11-4-5-12(19)7-13(6-11)18-9-10(16)8-17-18/h8-9,11-13H,4-7H2,1-3H3. The van der Waals surface area contributed by atoms with Gasteiger partial charge in [0, 0.05) is 18.3 Å². The second-order valence-electron chi connectivity index (χ2n) is 7.04. The fraction of sp³-hybridized carbons (Fsp3) is 0.733. The van der Waals surface area contributed by atoms with Crippen LogP contribution in [0, 0.1) is 0 Å². The zero-order valence-electron chi connectivity index (χ0n) is 12.8. The molecule has 2 atom stereocenters. The van der Waals surface area contributed by atoms with Gasteiger partial charge in [-0.05, 0) is 62.4 Å². The van der Waals surface area contributed by atoms with Crippen LogP contribution in [-0.4, -0.2) is 38.5 Å². The zero-order valence-corrected chi connectivity index (χ0v) is 14.3. The molecular formula is C15H22BrN3O2. The van der Waals surface area contributed by atoms with Crippen LogP contribution in [0.15, 0.2) is 16.9 Å². The van der Waals surface area contributed by atoms with Crippen molar-refractivity contribution >= 4 is 22.0 Å². The van der Waals surface area contributed by atoms with Gasteiger partial charge in [0.05, 0.1) is 16.7 Å². The number of carbonyl (C=O) groups excluding carboxylic acids is 1. The van der Waals surface area contributed by atoms with E-state index in [1.54, 1.807) is 0 Å². The van der Waals surface area contributed by atoms with Crippen LogP contribution in [0.3, 0.4) is 0 Å². The molecule has 0 spiro atoms. The van der Waals surface area contributed by atoms with Gasteiger partial charge >= 0.3 is 6.09 Å². The van der Waals surface area contributed by atoms with Crippen LogP contribution in [0.1, 0.15) is 52.5 Å². The summed E-state index contributed by atoms with van der Waals surface area (Å²) < 4.78 is 8.59. The van der Waals surface area contributed by atoms with Gasteiger partial charge in [-0.3, -0.25) is 4.68 Å². The minimum atomic E-state index is -0.430. The maximum absolute atomic E-state index is 12.4. The lowest BCUT2D eigenvalue weighted by atomic mass is 9.98. The molecule has 3 heterocycles. The van der Waals surface area contributed by atoms with Crippen LogP contribution in [0.2, 0.25) is 0 Å². The van der Waals surface area contributed by atoms with Crippen LogP contribution >= 0.6 is 15.9 Å². The number of hydrogen-bond acceptors (Lipinski definition) is 3. The van der Waals surface area contributed by atoms with Crippen LogP contribution < -0.4 is 0 Å². The average Bonchev–Trinajstić information content (AvgIpc) is 2.89. The third-order valence-corrected chi connectivity index (χ3v) is 4.67. The van der Waals surface area contributed by atoms with Gasteiger partial charge in [0.15, 0.2) is 0 Å². The van der Waals surface area contributed by atoms with Crippen molar-refractivity contribution in [3.05, 3.63) is 16.9 Å². The number of carbonyl (C=O) groups is 1. The predicted molar refractivity (Wildman–Crippen MR) is 83.1 cm³/mol. The van der Waals surface area contributed by atoms with Gasteiger partial charge in [0.25, 0.3) is 0 Å². The van der Waals surface area contributed by atoms with E-state index in [1.807, 2.05) is 42.7 Å². The molecule has 2 unspecified atom stereocenters. The minimum Gasteiger partial charge on any atom is -0.444 e. The largest absolute Gasteiger partial charge is 0.444 e. The van der Waals surface area contributed by atoms with E-state index in [2.05, 4.69) is 21.0 Å². The molecule has 1 amide bonds. The highest BCUT2D eigenvalue weighted by molar-refractivity contribution is 9.10. The lowest BCUT2D eigenvalue weighted by molar-refractivity contribution is 0.00232. The Balaban J connectivity index is 1.71. The first-order valence-corrected chi connectivity index (χ1v) is 8.34. The van der Waals surface area contributed by atoms with Gasteiger partial charge in [-0.15, -0.1) is 0 Å². The molecule has 1 aromatic rings. The van der Waals surface area contributed by atoms with Crippen LogP contribution in [-0.2, 0) is 4.74 Å². The molecule has 5 nitrogen and oxygen atoms in total. The first kappa shape index (κ1) is 14.9. The van der Waals surface area contributed by atoms with Gasteiger partial charge in [0.2, 0.25) is 0 Å². The molecule has 0 aromatic carbocycles. The number of nitrogens with zero attached hydrogens (tertiary/aromatic N) is 3. The van der Waals surface area contributed by atoms with Crippen molar-refractivity contribution in [1.82, 2.24) is 14.7 Å². The average molecular weight is 356 g/mol. The van der Waals surface area contributed by atoms with Crippen molar-refractivity contribution in [3.63, 3.8) is 0 Å². The molecule has 0 aliphatic carbocycles. The molecular weight excluding hydrogens is 334 g/mol. The van der Waals surface area contributed by atoms with Gasteiger partial charge < -0.3 is 9.64 Å². The molecule has 3 rings (SSSR count). The third kappa shape index (κ3) is 3.10. The predicted octanol–water partition coefficient (Wildman–Crippen LogP) is 3.75. The molecule has 1 aromatic heterocycles. The number of aromatic nitrogens is 2. The molecule has 2 aliphatic heterocycles. The van der Waals surface area contributed by atoms with Gasteiger partial charge in [-0.2, -0.15) is 5.10 Å². The van der Waals surface area contributed by atoms with E-state index in [0.717, 1.165) is 30.2 Å². The first-order chi connectivity index (χ1) is 9.83. The maximum Gasteiger partial charge on any atom is 0.410 e. The summed E-state index contributed by atoms with van der Waals surface area (Å²) >= 11 is 3.44. The Morgan fingerprint density at radius 1 is 1.29 bits per heavy atom. The van der Waals surface area contributed by atoms with Crippen molar-refractivity contribution in [2.75, 3.05) is 0 Å². The molecule has 6 heteroatoms. The monoisotopic (exact) mass is 355 g/mol. The summed E-state index contributed by atoms with van der Waals surface area (Å²) in [5.41, 5.74) is -0.430. The summed E-state index contributed by atoms with van der Waals surface area (Å²) in [5, 5.41) is 4.40. The van der Waals surface area contributed by atoms with Crippen molar-refractivity contribution in [2.45, 2.75) is 70.2 Å². The zero-order chi connectivity index (χ0) is 15.2. The number of ether oxygens (including phenoxy) is 1. The number of amides is 1. The van der Waals surface area contributed by atoms with E-state index >= 15 is 0 Å². The molecule has 21 heavy (non-hydrogen) atoms. The summed E-state index contributed by atoms with van der Waals surface area (Å²) in [6, 6.07) is 0.950. The second kappa shape index (κ2) is 5.30. The van der Waals surface area contributed by atoms with E-state index in [1.165, 1.54) is 0 Å². The Hall–Kier alpha value is -1.04. The number of fused-ring (bicyclic) bond motifs is 2. The van der Waals surface area contributed by atoms with E-state index in [9.17, 15) is 4.79 Å².